The summed E-state index contributed by atoms with van der Waals surface area (Å²) in [7, 11) is 0. The number of nitrogens with zero attached hydrogens (tertiary/aromatic N) is 1. The molecule has 3 unspecified atom stereocenters. The highest BCUT2D eigenvalue weighted by atomic mass is 16.4. The lowest BCUT2D eigenvalue weighted by Gasteiger charge is -2.27. The van der Waals surface area contributed by atoms with Gasteiger partial charge >= 0.3 is 5.97 Å². The van der Waals surface area contributed by atoms with Gasteiger partial charge in [0.25, 0.3) is 0 Å². The number of carbonyl (C=O) groups excluding carboxylic acids is 4. The molecule has 1 saturated heterocycles. The normalized spacial score (nSPS) is 18.4. The van der Waals surface area contributed by atoms with E-state index in [2.05, 4.69) is 10.6 Å². The average molecular weight is 399 g/mol. The van der Waals surface area contributed by atoms with Crippen LogP contribution in [0.4, 0.5) is 0 Å². The molecule has 1 aliphatic heterocycles. The molecule has 0 saturated carbocycles. The predicted molar refractivity (Wildman–Crippen MR) is 98.6 cm³/mol. The smallest absolute Gasteiger partial charge is 0.326 e. The summed E-state index contributed by atoms with van der Waals surface area (Å²) in [6.07, 6.45) is 0.623. The standard InChI is InChI=1S/C17H29N5O6/c1-9(2)14(19)15(25)20-8-13(24)21-10(5-6-12(18)23)16(26)22-7-3-4-11(22)17(27)28/h9-11,14H,3-8,19H2,1-2H3,(H2,18,23)(H,20,25)(H,21,24)(H,27,28). The number of primary amides is 1. The van der Waals surface area contributed by atoms with Crippen LogP contribution in [0.5, 0.6) is 0 Å². The molecule has 0 aliphatic carbocycles. The van der Waals surface area contributed by atoms with Gasteiger partial charge in [0.2, 0.25) is 23.6 Å². The van der Waals surface area contributed by atoms with Crippen LogP contribution < -0.4 is 22.1 Å². The molecule has 7 N–H and O–H groups in total. The Morgan fingerprint density at radius 2 is 1.86 bits per heavy atom. The van der Waals surface area contributed by atoms with E-state index in [0.29, 0.717) is 12.8 Å². The molecule has 3 atom stereocenters. The number of carboxylic acids is 1. The fourth-order valence-corrected chi connectivity index (χ4v) is 2.86. The zero-order valence-electron chi connectivity index (χ0n) is 16.1. The molecule has 1 rings (SSSR count). The van der Waals surface area contributed by atoms with Crippen LogP contribution in [0.15, 0.2) is 0 Å². The first-order chi connectivity index (χ1) is 13.0. The number of likely N-dealkylation sites (tertiary alicyclic amines) is 1. The molecular weight excluding hydrogens is 370 g/mol. The Morgan fingerprint density at radius 1 is 1.21 bits per heavy atom. The highest BCUT2D eigenvalue weighted by Crippen LogP contribution is 2.19. The Bertz CT molecular complexity index is 623. The van der Waals surface area contributed by atoms with Gasteiger partial charge in [0, 0.05) is 13.0 Å². The fraction of sp³-hybridized carbons (Fsp3) is 0.706. The minimum absolute atomic E-state index is 0.0673. The Morgan fingerprint density at radius 3 is 2.39 bits per heavy atom. The maximum Gasteiger partial charge on any atom is 0.326 e. The van der Waals surface area contributed by atoms with Crippen LogP contribution >= 0.6 is 0 Å². The third-order valence-electron chi connectivity index (χ3n) is 4.58. The molecule has 0 radical (unpaired) electrons. The van der Waals surface area contributed by atoms with Gasteiger partial charge in [-0.15, -0.1) is 0 Å². The second-order valence-electron chi connectivity index (χ2n) is 7.14. The monoisotopic (exact) mass is 399 g/mol. The maximum atomic E-state index is 12.7. The quantitative estimate of drug-likeness (QED) is 0.279. The van der Waals surface area contributed by atoms with Crippen LogP contribution in [0.3, 0.4) is 0 Å². The van der Waals surface area contributed by atoms with E-state index in [1.54, 1.807) is 13.8 Å². The lowest BCUT2D eigenvalue weighted by Crippen LogP contribution is -2.54. The van der Waals surface area contributed by atoms with E-state index in [1.807, 2.05) is 0 Å². The lowest BCUT2D eigenvalue weighted by atomic mass is 10.1. The Balaban J connectivity index is 2.74. The molecule has 11 heteroatoms. The summed E-state index contributed by atoms with van der Waals surface area (Å²) in [4.78, 5) is 60.3. The van der Waals surface area contributed by atoms with Gasteiger partial charge < -0.3 is 32.1 Å². The molecule has 158 valence electrons. The SMILES string of the molecule is CC(C)C(N)C(=O)NCC(=O)NC(CCC(N)=O)C(=O)N1CCCC1C(=O)O. The minimum atomic E-state index is -1.12. The molecule has 0 aromatic carbocycles. The van der Waals surface area contributed by atoms with Crippen LogP contribution in [-0.4, -0.2) is 70.8 Å². The van der Waals surface area contributed by atoms with Gasteiger partial charge in [0.15, 0.2) is 0 Å². The van der Waals surface area contributed by atoms with Crippen molar-refractivity contribution in [1.82, 2.24) is 15.5 Å². The van der Waals surface area contributed by atoms with Crippen molar-refractivity contribution >= 4 is 29.6 Å². The molecule has 1 aliphatic rings. The summed E-state index contributed by atoms with van der Waals surface area (Å²) < 4.78 is 0. The van der Waals surface area contributed by atoms with Crippen molar-refractivity contribution in [2.24, 2.45) is 17.4 Å². The molecule has 28 heavy (non-hydrogen) atoms. The van der Waals surface area contributed by atoms with E-state index >= 15 is 0 Å². The molecule has 11 nitrogen and oxygen atoms in total. The van der Waals surface area contributed by atoms with Gasteiger partial charge in [-0.3, -0.25) is 19.2 Å². The number of aliphatic carboxylic acids is 1. The van der Waals surface area contributed by atoms with Gasteiger partial charge in [-0.05, 0) is 25.2 Å². The molecule has 0 bridgehead atoms. The number of carbonyl (C=O) groups is 5. The Kier molecular flexibility index (Phi) is 8.83. The third kappa shape index (κ3) is 6.80. The largest absolute Gasteiger partial charge is 0.480 e. The topological polar surface area (TPSA) is 185 Å². The van der Waals surface area contributed by atoms with Crippen molar-refractivity contribution < 1.29 is 29.1 Å². The third-order valence-corrected chi connectivity index (χ3v) is 4.58. The Hall–Kier alpha value is -2.69. The van der Waals surface area contributed by atoms with E-state index in [4.69, 9.17) is 11.5 Å². The first kappa shape index (κ1) is 23.3. The van der Waals surface area contributed by atoms with Crippen LogP contribution in [0.2, 0.25) is 0 Å². The molecule has 0 aromatic heterocycles. The maximum absolute atomic E-state index is 12.7. The van der Waals surface area contributed by atoms with Gasteiger partial charge in [-0.25, -0.2) is 4.79 Å². The van der Waals surface area contributed by atoms with E-state index in [-0.39, 0.29) is 25.3 Å². The second kappa shape index (κ2) is 10.6. The van der Waals surface area contributed by atoms with E-state index in [1.165, 1.54) is 4.90 Å². The molecule has 1 heterocycles. The van der Waals surface area contributed by atoms with E-state index in [0.717, 1.165) is 0 Å². The van der Waals surface area contributed by atoms with Crippen LogP contribution in [0, 0.1) is 5.92 Å². The lowest BCUT2D eigenvalue weighted by molar-refractivity contribution is -0.149. The average Bonchev–Trinajstić information content (AvgIpc) is 3.11. The van der Waals surface area contributed by atoms with Crippen molar-refractivity contribution in [3.8, 4) is 0 Å². The van der Waals surface area contributed by atoms with Crippen molar-refractivity contribution in [2.45, 2.75) is 57.7 Å². The number of nitrogens with two attached hydrogens (primary N) is 2. The summed E-state index contributed by atoms with van der Waals surface area (Å²) in [6, 6.07) is -2.86. The summed E-state index contributed by atoms with van der Waals surface area (Å²) in [5, 5.41) is 14.1. The summed E-state index contributed by atoms with van der Waals surface area (Å²) in [5.41, 5.74) is 10.8. The predicted octanol–water partition coefficient (Wildman–Crippen LogP) is -2.09. The zero-order chi connectivity index (χ0) is 21.4. The van der Waals surface area contributed by atoms with Crippen molar-refractivity contribution in [2.75, 3.05) is 13.1 Å². The summed E-state index contributed by atoms with van der Waals surface area (Å²) in [5.74, 6) is -3.64. The molecule has 4 amide bonds. The highest BCUT2D eigenvalue weighted by Gasteiger charge is 2.37. The molecule has 0 spiro atoms. The van der Waals surface area contributed by atoms with Crippen molar-refractivity contribution in [3.05, 3.63) is 0 Å². The number of nitrogens with one attached hydrogen (secondary N) is 2. The first-order valence-corrected chi connectivity index (χ1v) is 9.18. The number of hydrogen-bond acceptors (Lipinski definition) is 6. The fourth-order valence-electron chi connectivity index (χ4n) is 2.86. The highest BCUT2D eigenvalue weighted by molar-refractivity contribution is 5.93. The van der Waals surface area contributed by atoms with Crippen LogP contribution in [0.1, 0.15) is 39.5 Å². The van der Waals surface area contributed by atoms with Gasteiger partial charge in [-0.2, -0.15) is 0 Å². The zero-order valence-corrected chi connectivity index (χ0v) is 16.1. The van der Waals surface area contributed by atoms with Crippen molar-refractivity contribution in [3.63, 3.8) is 0 Å². The Labute approximate surface area is 163 Å². The number of carboxylic acid groups (broad SMARTS) is 1. The molecule has 1 fully saturated rings. The number of hydrogen-bond donors (Lipinski definition) is 5. The van der Waals surface area contributed by atoms with Gasteiger partial charge in [-0.1, -0.05) is 13.8 Å². The number of amides is 4. The van der Waals surface area contributed by atoms with Gasteiger partial charge in [0.05, 0.1) is 12.6 Å². The number of rotatable bonds is 10. The van der Waals surface area contributed by atoms with Crippen molar-refractivity contribution in [1.29, 1.82) is 0 Å². The summed E-state index contributed by atoms with van der Waals surface area (Å²) >= 11 is 0. The molecule has 0 aromatic rings. The van der Waals surface area contributed by atoms with E-state index < -0.39 is 54.3 Å². The summed E-state index contributed by atoms with van der Waals surface area (Å²) in [6.45, 7) is 3.37. The molecular formula is C17H29N5O6. The first-order valence-electron chi connectivity index (χ1n) is 9.18. The van der Waals surface area contributed by atoms with E-state index in [9.17, 15) is 29.1 Å². The second-order valence-corrected chi connectivity index (χ2v) is 7.14. The van der Waals surface area contributed by atoms with Crippen LogP contribution in [-0.2, 0) is 24.0 Å². The minimum Gasteiger partial charge on any atom is -0.480 e. The van der Waals surface area contributed by atoms with Gasteiger partial charge in [0.1, 0.15) is 12.1 Å². The van der Waals surface area contributed by atoms with Crippen LogP contribution in [0.25, 0.3) is 0 Å².